The summed E-state index contributed by atoms with van der Waals surface area (Å²) in [5.41, 5.74) is 0.558. The summed E-state index contributed by atoms with van der Waals surface area (Å²) in [4.78, 5) is 3.93. The first-order valence-electron chi connectivity index (χ1n) is 2.88. The lowest BCUT2D eigenvalue weighted by atomic mass is 10.5. The maximum Gasteiger partial charge on any atom is 0.164 e. The minimum absolute atomic E-state index is 0.558. The molecule has 0 aliphatic rings. The molecule has 0 aliphatic heterocycles. The van der Waals surface area contributed by atoms with Crippen LogP contribution >= 0.6 is 0 Å². The molecule has 4 heteroatoms. The fourth-order valence-corrected chi connectivity index (χ4v) is 0.745. The summed E-state index contributed by atoms with van der Waals surface area (Å²) in [5, 5.41) is 11.4. The van der Waals surface area contributed by atoms with E-state index in [0.717, 1.165) is 0 Å². The Morgan fingerprint density at radius 2 is 2.50 bits per heavy atom. The Bertz CT molecular complexity index is 268. The summed E-state index contributed by atoms with van der Waals surface area (Å²) < 4.78 is 1.67. The van der Waals surface area contributed by atoms with Crippen LogP contribution in [0.4, 0.5) is 5.82 Å². The van der Waals surface area contributed by atoms with Crippen LogP contribution in [0.5, 0.6) is 0 Å². The van der Waals surface area contributed by atoms with Crippen LogP contribution < -0.4 is 5.32 Å². The number of rotatable bonds is 1. The molecule has 1 aromatic rings. The van der Waals surface area contributed by atoms with Gasteiger partial charge in [0.1, 0.15) is 6.07 Å². The number of nitriles is 1. The highest BCUT2D eigenvalue weighted by Gasteiger charge is 2.03. The molecular formula is C6H8N4. The first-order chi connectivity index (χ1) is 4.79. The number of imidazole rings is 1. The lowest BCUT2D eigenvalue weighted by molar-refractivity contribution is 0.896. The highest BCUT2D eigenvalue weighted by atomic mass is 15.1. The molecule has 1 heterocycles. The van der Waals surface area contributed by atoms with Gasteiger partial charge in [0.05, 0.1) is 6.33 Å². The summed E-state index contributed by atoms with van der Waals surface area (Å²) in [5.74, 6) is 0.630. The summed E-state index contributed by atoms with van der Waals surface area (Å²) in [6, 6.07) is 2.03. The molecule has 0 spiro atoms. The highest BCUT2D eigenvalue weighted by Crippen LogP contribution is 2.08. The number of anilines is 1. The molecule has 0 bridgehead atoms. The van der Waals surface area contributed by atoms with E-state index in [4.69, 9.17) is 5.26 Å². The smallest absolute Gasteiger partial charge is 0.164 e. The van der Waals surface area contributed by atoms with Crippen molar-refractivity contribution in [2.75, 3.05) is 12.4 Å². The molecule has 0 radical (unpaired) electrons. The topological polar surface area (TPSA) is 53.6 Å². The van der Waals surface area contributed by atoms with Crippen LogP contribution in [-0.2, 0) is 7.05 Å². The Hall–Kier alpha value is -1.50. The van der Waals surface area contributed by atoms with Crippen molar-refractivity contribution in [2.24, 2.45) is 7.05 Å². The van der Waals surface area contributed by atoms with Crippen LogP contribution in [0.2, 0.25) is 0 Å². The van der Waals surface area contributed by atoms with Gasteiger partial charge in [0.2, 0.25) is 0 Å². The third-order valence-corrected chi connectivity index (χ3v) is 1.28. The number of nitrogens with zero attached hydrogens (tertiary/aromatic N) is 3. The third-order valence-electron chi connectivity index (χ3n) is 1.28. The highest BCUT2D eigenvalue weighted by molar-refractivity contribution is 5.47. The Labute approximate surface area is 59.1 Å². The molecule has 52 valence electrons. The van der Waals surface area contributed by atoms with Gasteiger partial charge >= 0.3 is 0 Å². The minimum Gasteiger partial charge on any atom is -0.371 e. The SMILES string of the molecule is CNc1ncn(C)c1C#N. The molecule has 0 aromatic carbocycles. The average Bonchev–Trinajstić information content (AvgIpc) is 2.30. The molecule has 1 aromatic heterocycles. The molecule has 0 aliphatic carbocycles. The van der Waals surface area contributed by atoms with Gasteiger partial charge < -0.3 is 9.88 Å². The van der Waals surface area contributed by atoms with Gasteiger partial charge in [-0.05, 0) is 0 Å². The van der Waals surface area contributed by atoms with Crippen LogP contribution in [-0.4, -0.2) is 16.6 Å². The molecule has 10 heavy (non-hydrogen) atoms. The maximum atomic E-state index is 8.57. The third kappa shape index (κ3) is 0.818. The fourth-order valence-electron chi connectivity index (χ4n) is 0.745. The molecular weight excluding hydrogens is 128 g/mol. The van der Waals surface area contributed by atoms with Crippen molar-refractivity contribution >= 4 is 5.82 Å². The molecule has 0 saturated carbocycles. The van der Waals surface area contributed by atoms with E-state index in [1.165, 1.54) is 0 Å². The van der Waals surface area contributed by atoms with Gasteiger partial charge in [0.25, 0.3) is 0 Å². The van der Waals surface area contributed by atoms with E-state index in [1.54, 1.807) is 25.0 Å². The van der Waals surface area contributed by atoms with Gasteiger partial charge in [-0.15, -0.1) is 0 Å². The zero-order valence-corrected chi connectivity index (χ0v) is 5.92. The average molecular weight is 136 g/mol. The Kier molecular flexibility index (Phi) is 1.59. The molecule has 1 N–H and O–H groups in total. The molecule has 0 atom stereocenters. The summed E-state index contributed by atoms with van der Waals surface area (Å²) in [6.45, 7) is 0. The molecule has 4 nitrogen and oxygen atoms in total. The molecule has 0 unspecified atom stereocenters. The predicted molar refractivity (Wildman–Crippen MR) is 37.5 cm³/mol. The van der Waals surface area contributed by atoms with Crippen molar-refractivity contribution in [2.45, 2.75) is 0 Å². The number of nitrogens with one attached hydrogen (secondary N) is 1. The first kappa shape index (κ1) is 6.62. The van der Waals surface area contributed by atoms with E-state index < -0.39 is 0 Å². The maximum absolute atomic E-state index is 8.57. The van der Waals surface area contributed by atoms with Crippen molar-refractivity contribution in [1.82, 2.24) is 9.55 Å². The summed E-state index contributed by atoms with van der Waals surface area (Å²) in [7, 11) is 3.52. The van der Waals surface area contributed by atoms with E-state index in [0.29, 0.717) is 11.5 Å². The number of aromatic nitrogens is 2. The van der Waals surface area contributed by atoms with Crippen LogP contribution in [0, 0.1) is 11.3 Å². The van der Waals surface area contributed by atoms with Gasteiger partial charge in [-0.25, -0.2) is 4.98 Å². The normalized spacial score (nSPS) is 8.90. The van der Waals surface area contributed by atoms with Gasteiger partial charge in [0.15, 0.2) is 11.5 Å². The second kappa shape index (κ2) is 2.40. The van der Waals surface area contributed by atoms with Gasteiger partial charge in [-0.2, -0.15) is 5.26 Å². The van der Waals surface area contributed by atoms with Crippen LogP contribution in [0.15, 0.2) is 6.33 Å². The lowest BCUT2D eigenvalue weighted by Gasteiger charge is -1.93. The molecule has 0 saturated heterocycles. The van der Waals surface area contributed by atoms with Crippen molar-refractivity contribution in [3.8, 4) is 6.07 Å². The molecule has 0 amide bonds. The van der Waals surface area contributed by atoms with Crippen molar-refractivity contribution in [3.63, 3.8) is 0 Å². The zero-order chi connectivity index (χ0) is 7.56. The number of hydrogen-bond acceptors (Lipinski definition) is 3. The van der Waals surface area contributed by atoms with Crippen molar-refractivity contribution in [1.29, 1.82) is 5.26 Å². The van der Waals surface area contributed by atoms with E-state index in [9.17, 15) is 0 Å². The lowest BCUT2D eigenvalue weighted by Crippen LogP contribution is -1.94. The fraction of sp³-hybridized carbons (Fsp3) is 0.333. The van der Waals surface area contributed by atoms with Crippen LogP contribution in [0.3, 0.4) is 0 Å². The van der Waals surface area contributed by atoms with Gasteiger partial charge in [-0.3, -0.25) is 0 Å². The van der Waals surface area contributed by atoms with Crippen molar-refractivity contribution < 1.29 is 0 Å². The van der Waals surface area contributed by atoms with E-state index in [2.05, 4.69) is 10.3 Å². The zero-order valence-electron chi connectivity index (χ0n) is 5.92. The van der Waals surface area contributed by atoms with Crippen LogP contribution in [0.1, 0.15) is 5.69 Å². The number of aryl methyl sites for hydroxylation is 1. The summed E-state index contributed by atoms with van der Waals surface area (Å²) >= 11 is 0. The quantitative estimate of drug-likeness (QED) is 0.605. The monoisotopic (exact) mass is 136 g/mol. The minimum atomic E-state index is 0.558. The van der Waals surface area contributed by atoms with Crippen molar-refractivity contribution in [3.05, 3.63) is 12.0 Å². The van der Waals surface area contributed by atoms with Crippen LogP contribution in [0.25, 0.3) is 0 Å². The second-order valence-electron chi connectivity index (χ2n) is 1.91. The van der Waals surface area contributed by atoms with E-state index >= 15 is 0 Å². The largest absolute Gasteiger partial charge is 0.371 e. The Morgan fingerprint density at radius 1 is 1.80 bits per heavy atom. The van der Waals surface area contributed by atoms with Gasteiger partial charge in [0, 0.05) is 14.1 Å². The Morgan fingerprint density at radius 3 is 2.90 bits per heavy atom. The van der Waals surface area contributed by atoms with Gasteiger partial charge in [-0.1, -0.05) is 0 Å². The Balaban J connectivity index is 3.17. The van der Waals surface area contributed by atoms with E-state index in [-0.39, 0.29) is 0 Å². The summed E-state index contributed by atoms with van der Waals surface area (Å²) in [6.07, 6.45) is 1.60. The predicted octanol–water partition coefficient (Wildman–Crippen LogP) is 0.333. The molecule has 1 rings (SSSR count). The second-order valence-corrected chi connectivity index (χ2v) is 1.91. The standard InChI is InChI=1S/C6H8N4/c1-8-6-5(3-7)10(2)4-9-6/h4,8H,1-2H3. The molecule has 0 fully saturated rings. The van der Waals surface area contributed by atoms with E-state index in [1.807, 2.05) is 6.07 Å². The first-order valence-corrected chi connectivity index (χ1v) is 2.88. The number of hydrogen-bond donors (Lipinski definition) is 1.